The largest absolute Gasteiger partial charge is 0.491 e. The van der Waals surface area contributed by atoms with Gasteiger partial charge >= 0.3 is 0 Å². The van der Waals surface area contributed by atoms with E-state index in [2.05, 4.69) is 5.32 Å². The minimum atomic E-state index is -0.684. The van der Waals surface area contributed by atoms with Gasteiger partial charge in [0.25, 0.3) is 0 Å². The molecule has 1 aromatic rings. The molecule has 0 bridgehead atoms. The molecule has 0 heterocycles. The molecule has 1 unspecified atom stereocenters. The van der Waals surface area contributed by atoms with Crippen molar-refractivity contribution >= 4 is 0 Å². The monoisotopic (exact) mass is 301 g/mol. The van der Waals surface area contributed by atoms with Gasteiger partial charge in [0.2, 0.25) is 0 Å². The molecule has 0 aliphatic heterocycles. The Morgan fingerprint density at radius 2 is 2.00 bits per heavy atom. The third-order valence-corrected chi connectivity index (χ3v) is 3.26. The molecular weight excluding hydrogens is 276 g/mol. The van der Waals surface area contributed by atoms with E-state index in [4.69, 9.17) is 4.74 Å². The number of hydrogen-bond acceptors (Lipinski definition) is 3. The molecule has 5 heteroatoms. The number of nitrogens with one attached hydrogen (secondary N) is 1. The van der Waals surface area contributed by atoms with Crippen LogP contribution in [0, 0.1) is 11.6 Å². The Hall–Kier alpha value is -1.20. The van der Waals surface area contributed by atoms with Gasteiger partial charge in [0.05, 0.1) is 13.2 Å². The first-order valence-electron chi connectivity index (χ1n) is 7.33. The average Bonchev–Trinajstić information content (AvgIpc) is 2.40. The summed E-state index contributed by atoms with van der Waals surface area (Å²) >= 11 is 0. The van der Waals surface area contributed by atoms with Crippen molar-refractivity contribution in [3.8, 4) is 5.75 Å². The molecule has 0 aliphatic carbocycles. The molecule has 0 fully saturated rings. The molecule has 0 saturated heterocycles. The summed E-state index contributed by atoms with van der Waals surface area (Å²) in [6, 6.07) is 3.58. The maximum Gasteiger partial charge on any atom is 0.167 e. The van der Waals surface area contributed by atoms with Gasteiger partial charge in [-0.2, -0.15) is 0 Å². The molecular formula is C16H25F2NO2. The van der Waals surface area contributed by atoms with Crippen LogP contribution in [0.1, 0.15) is 40.0 Å². The maximum atomic E-state index is 13.3. The van der Waals surface area contributed by atoms with Gasteiger partial charge in [-0.05, 0) is 38.3 Å². The SMILES string of the molecule is CC(C)NC(C)(CO)CCCCOc1ccc(F)cc1F. The lowest BCUT2D eigenvalue weighted by Gasteiger charge is -2.31. The van der Waals surface area contributed by atoms with Crippen LogP contribution in [-0.4, -0.2) is 29.9 Å². The second-order valence-electron chi connectivity index (χ2n) is 5.90. The second kappa shape index (κ2) is 8.29. The highest BCUT2D eigenvalue weighted by Gasteiger charge is 2.22. The van der Waals surface area contributed by atoms with Crippen molar-refractivity contribution in [2.75, 3.05) is 13.2 Å². The summed E-state index contributed by atoms with van der Waals surface area (Å²) < 4.78 is 31.4. The van der Waals surface area contributed by atoms with Crippen molar-refractivity contribution in [3.05, 3.63) is 29.8 Å². The number of aliphatic hydroxyl groups is 1. The van der Waals surface area contributed by atoms with Gasteiger partial charge in [-0.3, -0.25) is 0 Å². The Bertz CT molecular complexity index is 440. The van der Waals surface area contributed by atoms with Crippen LogP contribution in [0.5, 0.6) is 5.75 Å². The van der Waals surface area contributed by atoms with Crippen LogP contribution < -0.4 is 10.1 Å². The van der Waals surface area contributed by atoms with Crippen molar-refractivity contribution in [3.63, 3.8) is 0 Å². The van der Waals surface area contributed by atoms with E-state index >= 15 is 0 Å². The highest BCUT2D eigenvalue weighted by molar-refractivity contribution is 5.24. The Kier molecular flexibility index (Phi) is 7.05. The normalized spacial score (nSPS) is 14.2. The van der Waals surface area contributed by atoms with E-state index in [1.807, 2.05) is 20.8 Å². The van der Waals surface area contributed by atoms with Gasteiger partial charge in [0.1, 0.15) is 5.82 Å². The fourth-order valence-corrected chi connectivity index (χ4v) is 2.29. The van der Waals surface area contributed by atoms with Crippen LogP contribution in [0.25, 0.3) is 0 Å². The maximum absolute atomic E-state index is 13.3. The summed E-state index contributed by atoms with van der Waals surface area (Å²) in [6.07, 6.45) is 2.39. The van der Waals surface area contributed by atoms with E-state index in [1.165, 1.54) is 12.1 Å². The Balaban J connectivity index is 2.30. The topological polar surface area (TPSA) is 41.5 Å². The van der Waals surface area contributed by atoms with Crippen LogP contribution in [0.15, 0.2) is 18.2 Å². The highest BCUT2D eigenvalue weighted by Crippen LogP contribution is 2.19. The third-order valence-electron chi connectivity index (χ3n) is 3.26. The van der Waals surface area contributed by atoms with Crippen molar-refractivity contribution in [1.29, 1.82) is 0 Å². The molecule has 1 aromatic carbocycles. The van der Waals surface area contributed by atoms with Crippen molar-refractivity contribution < 1.29 is 18.6 Å². The van der Waals surface area contributed by atoms with Gasteiger partial charge in [-0.15, -0.1) is 0 Å². The fraction of sp³-hybridized carbons (Fsp3) is 0.625. The summed E-state index contributed by atoms with van der Waals surface area (Å²) in [5, 5.41) is 12.8. The van der Waals surface area contributed by atoms with E-state index in [0.717, 1.165) is 25.3 Å². The zero-order valence-corrected chi connectivity index (χ0v) is 13.0. The lowest BCUT2D eigenvalue weighted by atomic mass is 9.95. The molecule has 0 aromatic heterocycles. The minimum absolute atomic E-state index is 0.0681. The molecule has 0 amide bonds. The van der Waals surface area contributed by atoms with E-state index < -0.39 is 11.6 Å². The summed E-state index contributed by atoms with van der Waals surface area (Å²) in [5.74, 6) is -1.23. The first-order chi connectivity index (χ1) is 9.86. The summed E-state index contributed by atoms with van der Waals surface area (Å²) in [4.78, 5) is 0. The van der Waals surface area contributed by atoms with Gasteiger partial charge < -0.3 is 15.2 Å². The molecule has 1 atom stereocenters. The zero-order chi connectivity index (χ0) is 15.9. The lowest BCUT2D eigenvalue weighted by Crippen LogP contribution is -2.49. The average molecular weight is 301 g/mol. The van der Waals surface area contributed by atoms with E-state index in [-0.39, 0.29) is 17.9 Å². The fourth-order valence-electron chi connectivity index (χ4n) is 2.29. The molecule has 120 valence electrons. The quantitative estimate of drug-likeness (QED) is 0.688. The molecule has 0 spiro atoms. The summed E-state index contributed by atoms with van der Waals surface area (Å²) in [7, 11) is 0. The number of unbranched alkanes of at least 4 members (excludes halogenated alkanes) is 1. The van der Waals surface area contributed by atoms with Crippen LogP contribution in [0.4, 0.5) is 8.78 Å². The Labute approximate surface area is 125 Å². The molecule has 0 saturated carbocycles. The molecule has 0 aliphatic rings. The number of benzene rings is 1. The number of rotatable bonds is 9. The summed E-state index contributed by atoms with van der Waals surface area (Å²) in [6.45, 7) is 6.49. The van der Waals surface area contributed by atoms with Gasteiger partial charge in [-0.25, -0.2) is 8.78 Å². The third kappa shape index (κ3) is 6.40. The van der Waals surface area contributed by atoms with Crippen molar-refractivity contribution in [1.82, 2.24) is 5.32 Å². The van der Waals surface area contributed by atoms with Crippen LogP contribution in [0.2, 0.25) is 0 Å². The Morgan fingerprint density at radius 1 is 1.29 bits per heavy atom. The predicted molar refractivity (Wildman–Crippen MR) is 79.5 cm³/mol. The molecule has 21 heavy (non-hydrogen) atoms. The Morgan fingerprint density at radius 3 is 2.57 bits per heavy atom. The van der Waals surface area contributed by atoms with E-state index in [1.54, 1.807) is 0 Å². The smallest absolute Gasteiger partial charge is 0.167 e. The molecule has 2 N–H and O–H groups in total. The number of halogens is 2. The number of ether oxygens (including phenoxy) is 1. The van der Waals surface area contributed by atoms with Crippen LogP contribution in [0.3, 0.4) is 0 Å². The lowest BCUT2D eigenvalue weighted by molar-refractivity contribution is 0.151. The first kappa shape index (κ1) is 17.9. The van der Waals surface area contributed by atoms with Crippen molar-refractivity contribution in [2.45, 2.75) is 51.6 Å². The number of hydrogen-bond donors (Lipinski definition) is 2. The molecule has 3 nitrogen and oxygen atoms in total. The van der Waals surface area contributed by atoms with Crippen LogP contribution >= 0.6 is 0 Å². The molecule has 1 rings (SSSR count). The van der Waals surface area contributed by atoms with E-state index in [0.29, 0.717) is 12.6 Å². The number of aliphatic hydroxyl groups excluding tert-OH is 1. The van der Waals surface area contributed by atoms with E-state index in [9.17, 15) is 13.9 Å². The van der Waals surface area contributed by atoms with Gasteiger partial charge in [0.15, 0.2) is 11.6 Å². The minimum Gasteiger partial charge on any atom is -0.491 e. The van der Waals surface area contributed by atoms with Gasteiger partial charge in [-0.1, -0.05) is 13.8 Å². The highest BCUT2D eigenvalue weighted by atomic mass is 19.1. The standard InChI is InChI=1S/C16H25F2NO2/c1-12(2)19-16(3,11-20)8-4-5-9-21-15-7-6-13(17)10-14(15)18/h6-7,10,12,19-20H,4-5,8-9,11H2,1-3H3. The second-order valence-corrected chi connectivity index (χ2v) is 5.90. The van der Waals surface area contributed by atoms with Gasteiger partial charge in [0, 0.05) is 17.6 Å². The first-order valence-corrected chi connectivity index (χ1v) is 7.33. The van der Waals surface area contributed by atoms with Crippen molar-refractivity contribution in [2.24, 2.45) is 0 Å². The molecule has 0 radical (unpaired) electrons. The predicted octanol–water partition coefficient (Wildman–Crippen LogP) is 3.26. The zero-order valence-electron chi connectivity index (χ0n) is 13.0. The summed E-state index contributed by atoms with van der Waals surface area (Å²) in [5.41, 5.74) is -0.310. The van der Waals surface area contributed by atoms with Crippen LogP contribution in [-0.2, 0) is 0 Å².